The normalized spacial score (nSPS) is 14.6. The number of carbonyl (C=O) groups excluding carboxylic acids is 1. The number of anilines is 1. The van der Waals surface area contributed by atoms with Gasteiger partial charge in [0.1, 0.15) is 35.0 Å². The minimum atomic E-state index is -3.55. The van der Waals surface area contributed by atoms with E-state index < -0.39 is 15.7 Å². The lowest BCUT2D eigenvalue weighted by molar-refractivity contribution is 0.0585. The van der Waals surface area contributed by atoms with E-state index in [-0.39, 0.29) is 22.6 Å². The summed E-state index contributed by atoms with van der Waals surface area (Å²) in [5.74, 6) is -0.567. The summed E-state index contributed by atoms with van der Waals surface area (Å²) in [5, 5.41) is 7.88. The monoisotopic (exact) mass is 539 g/mol. The molecule has 0 radical (unpaired) electrons. The molecule has 0 saturated carbocycles. The lowest BCUT2D eigenvalue weighted by Crippen LogP contribution is -2.42. The lowest BCUT2D eigenvalue weighted by atomic mass is 10.1. The van der Waals surface area contributed by atoms with Gasteiger partial charge < -0.3 is 15.0 Å². The van der Waals surface area contributed by atoms with Gasteiger partial charge in [-0.3, -0.25) is 4.79 Å². The molecule has 11 nitrogen and oxygen atoms in total. The molecule has 1 aliphatic heterocycles. The Bertz CT molecular complexity index is 1580. The van der Waals surface area contributed by atoms with Crippen LogP contribution in [-0.4, -0.2) is 76.0 Å². The molecular formula is C25H26FN7O4S. The number of ether oxygens (including phenoxy) is 1. The molecule has 0 atom stereocenters. The number of fused-ring (bicyclic) bond motifs is 1. The van der Waals surface area contributed by atoms with Crippen molar-refractivity contribution in [2.75, 3.05) is 31.2 Å². The Kier molecular flexibility index (Phi) is 6.93. The van der Waals surface area contributed by atoms with E-state index in [0.29, 0.717) is 48.5 Å². The Morgan fingerprint density at radius 2 is 1.92 bits per heavy atom. The maximum absolute atomic E-state index is 14.8. The van der Waals surface area contributed by atoms with Crippen molar-refractivity contribution in [3.63, 3.8) is 0 Å². The molecule has 0 spiro atoms. The van der Waals surface area contributed by atoms with Crippen LogP contribution < -0.4 is 10.1 Å². The molecular weight excluding hydrogens is 513 g/mol. The zero-order valence-corrected chi connectivity index (χ0v) is 21.7. The van der Waals surface area contributed by atoms with E-state index in [4.69, 9.17) is 4.74 Å². The highest BCUT2D eigenvalue weighted by atomic mass is 32.2. The number of rotatable bonds is 7. The first-order valence-corrected chi connectivity index (χ1v) is 14.0. The third-order valence-corrected chi connectivity index (χ3v) is 7.39. The summed E-state index contributed by atoms with van der Waals surface area (Å²) in [5.41, 5.74) is 1.63. The number of hydrogen-bond acceptors (Lipinski definition) is 9. The van der Waals surface area contributed by atoms with Gasteiger partial charge in [-0.25, -0.2) is 32.4 Å². The van der Waals surface area contributed by atoms with E-state index in [1.807, 2.05) is 13.0 Å². The van der Waals surface area contributed by atoms with Crippen molar-refractivity contribution >= 4 is 32.5 Å². The zero-order chi connectivity index (χ0) is 26.9. The van der Waals surface area contributed by atoms with Gasteiger partial charge in [-0.2, -0.15) is 5.10 Å². The highest BCUT2D eigenvalue weighted by Gasteiger charge is 2.27. The average Bonchev–Trinajstić information content (AvgIpc) is 3.34. The van der Waals surface area contributed by atoms with E-state index >= 15 is 0 Å². The maximum atomic E-state index is 14.8. The molecule has 0 bridgehead atoms. The van der Waals surface area contributed by atoms with Crippen LogP contribution in [0.5, 0.6) is 5.88 Å². The highest BCUT2D eigenvalue weighted by molar-refractivity contribution is 7.90. The maximum Gasteiger partial charge on any atom is 0.272 e. The molecule has 198 valence electrons. The molecule has 13 heteroatoms. The Morgan fingerprint density at radius 3 is 2.58 bits per heavy atom. The van der Waals surface area contributed by atoms with Crippen LogP contribution in [0.1, 0.15) is 30.3 Å². The summed E-state index contributed by atoms with van der Waals surface area (Å²) in [7, 11) is -3.55. The van der Waals surface area contributed by atoms with Crippen molar-refractivity contribution in [2.24, 2.45) is 0 Å². The summed E-state index contributed by atoms with van der Waals surface area (Å²) in [4.78, 5) is 27.2. The zero-order valence-electron chi connectivity index (χ0n) is 20.8. The molecule has 1 aromatic carbocycles. The standard InChI is InChI=1S/C25H26FN7O4S/c1-3-27-16-4-6-21(28-13-16)25(34)32-10-8-17(9-11-32)37-24-19-14-31-33(23(19)29-15-30-24)22-7-5-18(12-20(22)26)38(2,35)36/h4-7,12-15,17,27H,3,8-11H2,1-2H3. The second-order valence-corrected chi connectivity index (χ2v) is 10.9. The second kappa shape index (κ2) is 10.3. The number of hydrogen-bond donors (Lipinski definition) is 1. The van der Waals surface area contributed by atoms with Crippen molar-refractivity contribution in [2.45, 2.75) is 30.8 Å². The number of nitrogens with one attached hydrogen (secondary N) is 1. The molecule has 4 aromatic rings. The Labute approximate surface area is 218 Å². The molecule has 4 heterocycles. The number of pyridine rings is 1. The van der Waals surface area contributed by atoms with Crippen LogP contribution >= 0.6 is 0 Å². The van der Waals surface area contributed by atoms with Gasteiger partial charge in [0.15, 0.2) is 15.5 Å². The molecule has 1 fully saturated rings. The smallest absolute Gasteiger partial charge is 0.272 e. The second-order valence-electron chi connectivity index (χ2n) is 8.93. The van der Waals surface area contributed by atoms with E-state index in [2.05, 4.69) is 25.4 Å². The number of benzene rings is 1. The largest absolute Gasteiger partial charge is 0.474 e. The van der Waals surface area contributed by atoms with Crippen molar-refractivity contribution in [1.82, 2.24) is 29.6 Å². The summed E-state index contributed by atoms with van der Waals surface area (Å²) >= 11 is 0. The molecule has 3 aromatic heterocycles. The molecule has 1 saturated heterocycles. The summed E-state index contributed by atoms with van der Waals surface area (Å²) in [6, 6.07) is 7.18. The number of halogens is 1. The molecule has 0 unspecified atom stereocenters. The molecule has 0 aliphatic carbocycles. The van der Waals surface area contributed by atoms with Gasteiger partial charge >= 0.3 is 0 Å². The number of sulfone groups is 1. The molecule has 1 N–H and O–H groups in total. The fourth-order valence-electron chi connectivity index (χ4n) is 4.31. The van der Waals surface area contributed by atoms with E-state index in [1.165, 1.54) is 29.3 Å². The van der Waals surface area contributed by atoms with Gasteiger partial charge in [0, 0.05) is 38.7 Å². The first-order chi connectivity index (χ1) is 18.2. The van der Waals surface area contributed by atoms with Crippen LogP contribution in [0.2, 0.25) is 0 Å². The number of piperidine rings is 1. The predicted molar refractivity (Wildman–Crippen MR) is 138 cm³/mol. The number of nitrogens with zero attached hydrogens (tertiary/aromatic N) is 6. The van der Waals surface area contributed by atoms with Crippen molar-refractivity contribution in [1.29, 1.82) is 0 Å². The van der Waals surface area contributed by atoms with Crippen LogP contribution in [-0.2, 0) is 9.84 Å². The Hall–Kier alpha value is -4.13. The van der Waals surface area contributed by atoms with E-state index in [9.17, 15) is 17.6 Å². The Morgan fingerprint density at radius 1 is 1.13 bits per heavy atom. The van der Waals surface area contributed by atoms with E-state index in [1.54, 1.807) is 17.2 Å². The third kappa shape index (κ3) is 5.14. The minimum Gasteiger partial charge on any atom is -0.474 e. The van der Waals surface area contributed by atoms with Gasteiger partial charge in [0.25, 0.3) is 5.91 Å². The summed E-state index contributed by atoms with van der Waals surface area (Å²) in [6.07, 6.45) is 6.47. The topological polar surface area (TPSA) is 132 Å². The minimum absolute atomic E-state index is 0.0518. The van der Waals surface area contributed by atoms with E-state index in [0.717, 1.165) is 24.6 Å². The molecule has 1 amide bonds. The van der Waals surface area contributed by atoms with Gasteiger partial charge in [-0.15, -0.1) is 0 Å². The number of carbonyl (C=O) groups is 1. The number of amides is 1. The van der Waals surface area contributed by atoms with Crippen molar-refractivity contribution < 1.29 is 22.3 Å². The highest BCUT2D eigenvalue weighted by Crippen LogP contribution is 2.28. The predicted octanol–water partition coefficient (Wildman–Crippen LogP) is 2.87. The fourth-order valence-corrected chi connectivity index (χ4v) is 4.94. The van der Waals surface area contributed by atoms with Gasteiger partial charge in [0.2, 0.25) is 5.88 Å². The molecule has 5 rings (SSSR count). The van der Waals surface area contributed by atoms with Gasteiger partial charge in [0.05, 0.1) is 23.0 Å². The van der Waals surface area contributed by atoms with Crippen LogP contribution in [0.4, 0.5) is 10.1 Å². The molecule has 1 aliphatic rings. The van der Waals surface area contributed by atoms with Crippen molar-refractivity contribution in [3.05, 3.63) is 60.6 Å². The van der Waals surface area contributed by atoms with Crippen LogP contribution in [0.15, 0.2) is 53.9 Å². The first-order valence-electron chi connectivity index (χ1n) is 12.1. The number of likely N-dealkylation sites (tertiary alicyclic amines) is 1. The molecule has 38 heavy (non-hydrogen) atoms. The SMILES string of the molecule is CCNc1ccc(C(=O)N2CCC(Oc3ncnc4c3cnn4-c3ccc(S(C)(=O)=O)cc3F)CC2)nc1. The lowest BCUT2D eigenvalue weighted by Gasteiger charge is -2.31. The van der Waals surface area contributed by atoms with Crippen molar-refractivity contribution in [3.8, 4) is 11.6 Å². The fraction of sp³-hybridized carbons (Fsp3) is 0.320. The Balaban J connectivity index is 1.28. The summed E-state index contributed by atoms with van der Waals surface area (Å²) < 4.78 is 45.7. The van der Waals surface area contributed by atoms with Crippen LogP contribution in [0, 0.1) is 5.82 Å². The van der Waals surface area contributed by atoms with Gasteiger partial charge in [-0.05, 0) is 37.3 Å². The first kappa shape index (κ1) is 25.5. The summed E-state index contributed by atoms with van der Waals surface area (Å²) in [6.45, 7) is 3.78. The van der Waals surface area contributed by atoms with Crippen LogP contribution in [0.3, 0.4) is 0 Å². The quantitative estimate of drug-likeness (QED) is 0.376. The number of aromatic nitrogens is 5. The van der Waals surface area contributed by atoms with Crippen LogP contribution in [0.25, 0.3) is 16.7 Å². The average molecular weight is 540 g/mol. The van der Waals surface area contributed by atoms with Gasteiger partial charge in [-0.1, -0.05) is 0 Å². The third-order valence-electron chi connectivity index (χ3n) is 6.28.